The van der Waals surface area contributed by atoms with E-state index in [-0.39, 0.29) is 0 Å². The Hall–Kier alpha value is -3.15. The van der Waals surface area contributed by atoms with Gasteiger partial charge in [0.1, 0.15) is 18.0 Å². The SMILES string of the molecule is CCc1c(C)nc(C)c(-c2ccc3c(c2)CCN(c2cc(N4CCC(C)CC4)ncn2)C3)c1N1CCC(C)(C)CC1. The first kappa shape index (κ1) is 28.0. The van der Waals surface area contributed by atoms with Gasteiger partial charge in [0.25, 0.3) is 0 Å². The van der Waals surface area contributed by atoms with Crippen molar-refractivity contribution >= 4 is 17.3 Å². The summed E-state index contributed by atoms with van der Waals surface area (Å²) >= 11 is 0. The second-order valence-electron chi connectivity index (χ2n) is 13.5. The van der Waals surface area contributed by atoms with Crippen molar-refractivity contribution in [3.05, 3.63) is 58.7 Å². The van der Waals surface area contributed by atoms with Crippen LogP contribution in [0.4, 0.5) is 17.3 Å². The fourth-order valence-electron chi connectivity index (χ4n) is 7.15. The Labute approximate surface area is 247 Å². The third-order valence-electron chi connectivity index (χ3n) is 10.0. The quantitative estimate of drug-likeness (QED) is 0.335. The Kier molecular flexibility index (Phi) is 7.69. The van der Waals surface area contributed by atoms with Gasteiger partial charge in [-0.15, -0.1) is 0 Å². The minimum Gasteiger partial charge on any atom is -0.371 e. The molecule has 2 fully saturated rings. The molecule has 218 valence electrons. The molecular weight excluding hydrogens is 504 g/mol. The minimum absolute atomic E-state index is 0.425. The Bertz CT molecular complexity index is 1390. The zero-order chi connectivity index (χ0) is 28.7. The number of aryl methyl sites for hydroxylation is 2. The Morgan fingerprint density at radius 1 is 0.829 bits per heavy atom. The number of hydrogen-bond acceptors (Lipinski definition) is 6. The van der Waals surface area contributed by atoms with Gasteiger partial charge < -0.3 is 14.7 Å². The second-order valence-corrected chi connectivity index (χ2v) is 13.5. The normalized spacial score (nSPS) is 19.4. The number of piperidine rings is 2. The number of nitrogens with zero attached hydrogens (tertiary/aromatic N) is 6. The van der Waals surface area contributed by atoms with Gasteiger partial charge in [-0.05, 0) is 86.0 Å². The van der Waals surface area contributed by atoms with Crippen molar-refractivity contribution in [1.29, 1.82) is 0 Å². The summed E-state index contributed by atoms with van der Waals surface area (Å²) < 4.78 is 0. The zero-order valence-electron chi connectivity index (χ0n) is 26.1. The predicted octanol–water partition coefficient (Wildman–Crippen LogP) is 7.14. The van der Waals surface area contributed by atoms with E-state index in [2.05, 4.69) is 85.5 Å². The van der Waals surface area contributed by atoms with Gasteiger partial charge in [0.05, 0.1) is 5.69 Å². The van der Waals surface area contributed by atoms with E-state index in [9.17, 15) is 0 Å². The van der Waals surface area contributed by atoms with E-state index in [0.29, 0.717) is 5.41 Å². The Morgan fingerprint density at radius 3 is 2.24 bits per heavy atom. The van der Waals surface area contributed by atoms with Crippen LogP contribution in [0.5, 0.6) is 0 Å². The van der Waals surface area contributed by atoms with Crippen molar-refractivity contribution in [2.45, 2.75) is 86.6 Å². The summed E-state index contributed by atoms with van der Waals surface area (Å²) in [5.41, 5.74) is 11.1. The average molecular weight is 553 g/mol. The number of fused-ring (bicyclic) bond motifs is 1. The molecule has 0 saturated carbocycles. The van der Waals surface area contributed by atoms with Gasteiger partial charge in [-0.2, -0.15) is 0 Å². The van der Waals surface area contributed by atoms with Gasteiger partial charge in [0, 0.05) is 62.3 Å². The van der Waals surface area contributed by atoms with E-state index in [1.807, 2.05) is 0 Å². The van der Waals surface area contributed by atoms with Crippen LogP contribution in [0.25, 0.3) is 11.1 Å². The van der Waals surface area contributed by atoms with E-state index in [4.69, 9.17) is 9.97 Å². The van der Waals surface area contributed by atoms with Crippen molar-refractivity contribution < 1.29 is 0 Å². The summed E-state index contributed by atoms with van der Waals surface area (Å²) in [7, 11) is 0. The summed E-state index contributed by atoms with van der Waals surface area (Å²) in [5.74, 6) is 2.93. The van der Waals surface area contributed by atoms with Crippen molar-refractivity contribution in [1.82, 2.24) is 15.0 Å². The van der Waals surface area contributed by atoms with Crippen LogP contribution in [0.2, 0.25) is 0 Å². The fraction of sp³-hybridized carbons (Fsp3) is 0.571. The number of pyridine rings is 1. The summed E-state index contributed by atoms with van der Waals surface area (Å²) in [5, 5.41) is 0. The molecule has 2 aromatic heterocycles. The molecule has 0 N–H and O–H groups in total. The monoisotopic (exact) mass is 552 g/mol. The molecule has 2 saturated heterocycles. The maximum Gasteiger partial charge on any atom is 0.134 e. The zero-order valence-corrected chi connectivity index (χ0v) is 26.1. The number of rotatable bonds is 5. The van der Waals surface area contributed by atoms with Crippen LogP contribution in [-0.2, 0) is 19.4 Å². The first-order valence-corrected chi connectivity index (χ1v) is 15.9. The first-order valence-electron chi connectivity index (χ1n) is 15.9. The van der Waals surface area contributed by atoms with Gasteiger partial charge in [-0.25, -0.2) is 9.97 Å². The molecule has 0 unspecified atom stereocenters. The molecular formula is C35H48N6. The minimum atomic E-state index is 0.425. The molecule has 3 aliphatic rings. The van der Waals surface area contributed by atoms with Crippen LogP contribution in [0.15, 0.2) is 30.6 Å². The van der Waals surface area contributed by atoms with Crippen LogP contribution in [0, 0.1) is 25.2 Å². The first-order chi connectivity index (χ1) is 19.7. The second kappa shape index (κ2) is 11.3. The molecule has 41 heavy (non-hydrogen) atoms. The molecule has 0 aliphatic carbocycles. The molecule has 3 aliphatic heterocycles. The lowest BCUT2D eigenvalue weighted by atomic mass is 9.82. The van der Waals surface area contributed by atoms with E-state index in [0.717, 1.165) is 75.4 Å². The highest BCUT2D eigenvalue weighted by Crippen LogP contribution is 2.42. The maximum atomic E-state index is 5.07. The van der Waals surface area contributed by atoms with Crippen LogP contribution < -0.4 is 14.7 Å². The Morgan fingerprint density at radius 2 is 1.54 bits per heavy atom. The average Bonchev–Trinajstić information content (AvgIpc) is 2.97. The molecule has 6 heteroatoms. The molecule has 0 atom stereocenters. The summed E-state index contributed by atoms with van der Waals surface area (Å²) in [6, 6.07) is 9.37. The topological polar surface area (TPSA) is 48.4 Å². The van der Waals surface area contributed by atoms with Crippen molar-refractivity contribution in [3.8, 4) is 11.1 Å². The lowest BCUT2D eigenvalue weighted by Crippen LogP contribution is -2.38. The molecule has 6 nitrogen and oxygen atoms in total. The number of hydrogen-bond donors (Lipinski definition) is 0. The number of aromatic nitrogens is 3. The highest BCUT2D eigenvalue weighted by atomic mass is 15.2. The van der Waals surface area contributed by atoms with Gasteiger partial charge in [-0.3, -0.25) is 4.98 Å². The fourth-order valence-corrected chi connectivity index (χ4v) is 7.15. The third kappa shape index (κ3) is 5.67. The number of benzene rings is 1. The highest BCUT2D eigenvalue weighted by molar-refractivity contribution is 5.84. The highest BCUT2D eigenvalue weighted by Gasteiger charge is 2.30. The van der Waals surface area contributed by atoms with Crippen LogP contribution in [0.3, 0.4) is 0 Å². The van der Waals surface area contributed by atoms with Crippen molar-refractivity contribution in [2.75, 3.05) is 47.4 Å². The van der Waals surface area contributed by atoms with Crippen molar-refractivity contribution in [3.63, 3.8) is 0 Å². The van der Waals surface area contributed by atoms with Gasteiger partial charge in [0.2, 0.25) is 0 Å². The smallest absolute Gasteiger partial charge is 0.134 e. The predicted molar refractivity (Wildman–Crippen MR) is 171 cm³/mol. The molecule has 0 amide bonds. The maximum absolute atomic E-state index is 5.07. The third-order valence-corrected chi connectivity index (χ3v) is 10.0. The largest absolute Gasteiger partial charge is 0.371 e. The molecule has 0 radical (unpaired) electrons. The van der Waals surface area contributed by atoms with Crippen LogP contribution >= 0.6 is 0 Å². The van der Waals surface area contributed by atoms with E-state index in [1.54, 1.807) is 6.33 Å². The van der Waals surface area contributed by atoms with Gasteiger partial charge >= 0.3 is 0 Å². The van der Waals surface area contributed by atoms with Gasteiger partial charge in [0.15, 0.2) is 0 Å². The van der Waals surface area contributed by atoms with Crippen LogP contribution in [0.1, 0.15) is 81.5 Å². The molecule has 6 rings (SSSR count). The number of anilines is 3. The van der Waals surface area contributed by atoms with Crippen molar-refractivity contribution in [2.24, 2.45) is 11.3 Å². The molecule has 5 heterocycles. The lowest BCUT2D eigenvalue weighted by Gasteiger charge is -2.40. The molecule has 0 bridgehead atoms. The summed E-state index contributed by atoms with van der Waals surface area (Å²) in [6.45, 7) is 20.2. The molecule has 3 aromatic rings. The van der Waals surface area contributed by atoms with Crippen LogP contribution in [-0.4, -0.2) is 47.7 Å². The van der Waals surface area contributed by atoms with E-state index >= 15 is 0 Å². The Balaban J connectivity index is 1.28. The standard InChI is InChI=1S/C35H48N6/c1-7-30-25(3)38-26(4)33(34(30)40-18-13-35(5,6)14-19-40)28-8-9-29-22-41(17-12-27(29)20-28)32-21-31(36-23-37-32)39-15-10-24(2)11-16-39/h8-9,20-21,23-24H,7,10-19,22H2,1-6H3. The molecule has 1 aromatic carbocycles. The van der Waals surface area contributed by atoms with E-state index < -0.39 is 0 Å². The lowest BCUT2D eigenvalue weighted by molar-refractivity contribution is 0.279. The summed E-state index contributed by atoms with van der Waals surface area (Å²) in [4.78, 5) is 21.9. The summed E-state index contributed by atoms with van der Waals surface area (Å²) in [6.07, 6.45) is 8.74. The van der Waals surface area contributed by atoms with E-state index in [1.165, 1.54) is 64.9 Å². The molecule has 0 spiro atoms. The van der Waals surface area contributed by atoms with Gasteiger partial charge in [-0.1, -0.05) is 45.9 Å².